The molecule has 0 bridgehead atoms. The van der Waals surface area contributed by atoms with Gasteiger partial charge in [0.25, 0.3) is 0 Å². The molecule has 3 rings (SSSR count). The van der Waals surface area contributed by atoms with Gasteiger partial charge >= 0.3 is 24.1 Å². The summed E-state index contributed by atoms with van der Waals surface area (Å²) in [4.78, 5) is 35.0. The van der Waals surface area contributed by atoms with Crippen molar-refractivity contribution in [2.45, 2.75) is 32.5 Å². The number of hydrogen-bond acceptors (Lipinski definition) is 9. The highest BCUT2D eigenvalue weighted by Gasteiger charge is 2.29. The van der Waals surface area contributed by atoms with Crippen LogP contribution < -0.4 is 15.4 Å². The summed E-state index contributed by atoms with van der Waals surface area (Å²) in [6.45, 7) is 3.61. The smallest absolute Gasteiger partial charge is 0.422 e. The molecule has 1 heterocycles. The van der Waals surface area contributed by atoms with Gasteiger partial charge in [0.2, 0.25) is 11.9 Å². The van der Waals surface area contributed by atoms with Gasteiger partial charge < -0.3 is 25.2 Å². The lowest BCUT2D eigenvalue weighted by Gasteiger charge is -2.19. The van der Waals surface area contributed by atoms with Crippen LogP contribution in [-0.2, 0) is 4.74 Å². The molecule has 1 aromatic heterocycles. The molecule has 0 atom stereocenters. The topological polar surface area (TPSA) is 136 Å². The quantitative estimate of drug-likeness (QED) is 0.361. The second kappa shape index (κ2) is 10.5. The molecule has 190 valence electrons. The van der Waals surface area contributed by atoms with Crippen molar-refractivity contribution < 1.29 is 37.3 Å². The molecule has 13 heteroatoms. The van der Waals surface area contributed by atoms with Crippen LogP contribution in [0.5, 0.6) is 6.01 Å². The molecule has 3 aromatic rings. The number of anilines is 4. The van der Waals surface area contributed by atoms with Gasteiger partial charge in [-0.05, 0) is 69.3 Å². The summed E-state index contributed by atoms with van der Waals surface area (Å²) in [6, 6.07) is 11.0. The van der Waals surface area contributed by atoms with E-state index in [0.29, 0.717) is 16.9 Å². The first-order valence-electron chi connectivity index (χ1n) is 10.4. The summed E-state index contributed by atoms with van der Waals surface area (Å²) >= 11 is 0. The third-order valence-corrected chi connectivity index (χ3v) is 4.14. The maximum absolute atomic E-state index is 12.6. The monoisotopic (exact) mass is 505 g/mol. The Labute approximate surface area is 203 Å². The summed E-state index contributed by atoms with van der Waals surface area (Å²) in [5.74, 6) is -1.93. The van der Waals surface area contributed by atoms with E-state index in [4.69, 9.17) is 9.84 Å². The molecule has 0 amide bonds. The Hall–Kier alpha value is -4.42. The van der Waals surface area contributed by atoms with Gasteiger partial charge in [-0.3, -0.25) is 0 Å². The standard InChI is InChI=1S/C23H22F3N5O5/c1-22(2,3)36-18(34)14-6-10-16(11-7-14)28-20-29-19(30-21(31-20)35-12-23(24,25)26)27-15-8-4-13(5-9-15)17(32)33/h4-11H,12H2,1-3H3,(H,32,33)(H2,27,28,29,30,31). The number of rotatable bonds is 8. The molecule has 0 aliphatic carbocycles. The van der Waals surface area contributed by atoms with E-state index in [-0.39, 0.29) is 17.5 Å². The third kappa shape index (κ3) is 8.11. The fourth-order valence-corrected chi connectivity index (χ4v) is 2.66. The first kappa shape index (κ1) is 26.2. The highest BCUT2D eigenvalue weighted by atomic mass is 19.4. The maximum Gasteiger partial charge on any atom is 0.422 e. The number of alkyl halides is 3. The molecule has 0 spiro atoms. The van der Waals surface area contributed by atoms with Crippen molar-refractivity contribution in [2.24, 2.45) is 0 Å². The van der Waals surface area contributed by atoms with Crippen molar-refractivity contribution in [1.29, 1.82) is 0 Å². The van der Waals surface area contributed by atoms with Crippen LogP contribution in [0, 0.1) is 0 Å². The van der Waals surface area contributed by atoms with Crippen LogP contribution in [0.4, 0.5) is 36.4 Å². The lowest BCUT2D eigenvalue weighted by molar-refractivity contribution is -0.154. The van der Waals surface area contributed by atoms with Crippen LogP contribution in [0.3, 0.4) is 0 Å². The van der Waals surface area contributed by atoms with Crippen molar-refractivity contribution in [2.75, 3.05) is 17.2 Å². The molecule has 0 radical (unpaired) electrons. The first-order valence-corrected chi connectivity index (χ1v) is 10.4. The normalized spacial score (nSPS) is 11.5. The van der Waals surface area contributed by atoms with Crippen LogP contribution in [0.25, 0.3) is 0 Å². The van der Waals surface area contributed by atoms with Gasteiger partial charge in [-0.25, -0.2) is 9.59 Å². The number of carbonyl (C=O) groups excluding carboxylic acids is 1. The lowest BCUT2D eigenvalue weighted by Crippen LogP contribution is -2.23. The third-order valence-electron chi connectivity index (χ3n) is 4.14. The molecule has 0 unspecified atom stereocenters. The van der Waals surface area contributed by atoms with Gasteiger partial charge in [-0.2, -0.15) is 28.1 Å². The second-order valence-corrected chi connectivity index (χ2v) is 8.38. The molecule has 2 aromatic carbocycles. The van der Waals surface area contributed by atoms with Crippen molar-refractivity contribution in [3.63, 3.8) is 0 Å². The number of benzene rings is 2. The van der Waals surface area contributed by atoms with Gasteiger partial charge in [0.15, 0.2) is 6.61 Å². The van der Waals surface area contributed by atoms with Crippen molar-refractivity contribution in [3.05, 3.63) is 59.7 Å². The fraction of sp³-hybridized carbons (Fsp3) is 0.261. The molecule has 36 heavy (non-hydrogen) atoms. The Morgan fingerprint density at radius 2 is 1.31 bits per heavy atom. The number of ether oxygens (including phenoxy) is 2. The van der Waals surface area contributed by atoms with Gasteiger partial charge in [0.1, 0.15) is 5.60 Å². The molecule has 0 fully saturated rings. The zero-order valence-corrected chi connectivity index (χ0v) is 19.4. The summed E-state index contributed by atoms with van der Waals surface area (Å²) in [6.07, 6.45) is -4.61. The summed E-state index contributed by atoms with van der Waals surface area (Å²) < 4.78 is 47.9. The number of carboxylic acids is 1. The molecule has 0 aliphatic rings. The van der Waals surface area contributed by atoms with Crippen molar-refractivity contribution in [1.82, 2.24) is 15.0 Å². The van der Waals surface area contributed by atoms with Crippen LogP contribution in [0.2, 0.25) is 0 Å². The number of esters is 1. The predicted octanol–water partition coefficient (Wildman–Crippen LogP) is 4.95. The number of aromatic nitrogens is 3. The van der Waals surface area contributed by atoms with Crippen molar-refractivity contribution >= 4 is 35.2 Å². The number of nitrogens with zero attached hydrogens (tertiary/aromatic N) is 3. The minimum atomic E-state index is -4.61. The van der Waals surface area contributed by atoms with Crippen LogP contribution in [0.1, 0.15) is 41.5 Å². The highest BCUT2D eigenvalue weighted by molar-refractivity contribution is 5.90. The SMILES string of the molecule is CC(C)(C)OC(=O)c1ccc(Nc2nc(Nc3ccc(C(=O)O)cc3)nc(OCC(F)(F)F)n2)cc1. The molecule has 0 saturated heterocycles. The van der Waals surface area contributed by atoms with E-state index in [9.17, 15) is 22.8 Å². The number of hydrogen-bond donors (Lipinski definition) is 3. The largest absolute Gasteiger partial charge is 0.478 e. The van der Waals surface area contributed by atoms with Gasteiger partial charge in [-0.15, -0.1) is 0 Å². The van der Waals surface area contributed by atoms with Crippen LogP contribution in [-0.4, -0.2) is 50.4 Å². The highest BCUT2D eigenvalue weighted by Crippen LogP contribution is 2.22. The number of halogens is 3. The molecule has 10 nitrogen and oxygen atoms in total. The summed E-state index contributed by atoms with van der Waals surface area (Å²) in [5, 5.41) is 14.6. The number of carbonyl (C=O) groups is 2. The molecule has 0 saturated carbocycles. The zero-order chi connectivity index (χ0) is 26.5. The van der Waals surface area contributed by atoms with Crippen LogP contribution in [0.15, 0.2) is 48.5 Å². The van der Waals surface area contributed by atoms with E-state index in [2.05, 4.69) is 30.3 Å². The lowest BCUT2D eigenvalue weighted by atomic mass is 10.1. The maximum atomic E-state index is 12.6. The minimum absolute atomic E-state index is 0.0441. The van der Waals surface area contributed by atoms with E-state index in [1.54, 1.807) is 20.8 Å². The van der Waals surface area contributed by atoms with Crippen LogP contribution >= 0.6 is 0 Å². The van der Waals surface area contributed by atoms with Gasteiger partial charge in [0, 0.05) is 11.4 Å². The molecule has 3 N–H and O–H groups in total. The molecular formula is C23H22F3N5O5. The van der Waals surface area contributed by atoms with E-state index in [1.165, 1.54) is 48.5 Å². The van der Waals surface area contributed by atoms with Crippen molar-refractivity contribution in [3.8, 4) is 6.01 Å². The van der Waals surface area contributed by atoms with E-state index in [0.717, 1.165) is 0 Å². The average Bonchev–Trinajstić information content (AvgIpc) is 2.77. The number of nitrogens with one attached hydrogen (secondary N) is 2. The Morgan fingerprint density at radius 3 is 1.72 bits per heavy atom. The van der Waals surface area contributed by atoms with E-state index in [1.807, 2.05) is 0 Å². The Morgan fingerprint density at radius 1 is 0.833 bits per heavy atom. The molecular weight excluding hydrogens is 483 g/mol. The Kier molecular flexibility index (Phi) is 7.61. The number of carboxylic acid groups (broad SMARTS) is 1. The average molecular weight is 505 g/mol. The molecule has 0 aliphatic heterocycles. The minimum Gasteiger partial charge on any atom is -0.478 e. The second-order valence-electron chi connectivity index (χ2n) is 8.38. The Bertz CT molecular complexity index is 1230. The Balaban J connectivity index is 1.82. The van der Waals surface area contributed by atoms with E-state index >= 15 is 0 Å². The predicted molar refractivity (Wildman–Crippen MR) is 123 cm³/mol. The first-order chi connectivity index (χ1) is 16.8. The summed E-state index contributed by atoms with van der Waals surface area (Å²) in [7, 11) is 0. The van der Waals surface area contributed by atoms with Gasteiger partial charge in [0.05, 0.1) is 11.1 Å². The number of aromatic carboxylic acids is 1. The fourth-order valence-electron chi connectivity index (χ4n) is 2.66. The van der Waals surface area contributed by atoms with E-state index < -0.39 is 36.3 Å². The van der Waals surface area contributed by atoms with Gasteiger partial charge in [-0.1, -0.05) is 0 Å². The zero-order valence-electron chi connectivity index (χ0n) is 19.4. The summed E-state index contributed by atoms with van der Waals surface area (Å²) in [5.41, 5.74) is 0.478.